The quantitative estimate of drug-likeness (QED) is 0.276. The minimum Gasteiger partial charge on any atom is -0.289 e. The predicted octanol–water partition coefficient (Wildman–Crippen LogP) is 7.65. The van der Waals surface area contributed by atoms with Crippen molar-refractivity contribution >= 4 is 68.8 Å². The Morgan fingerprint density at radius 2 is 0.929 bits per heavy atom. The van der Waals surface area contributed by atoms with Crippen molar-refractivity contribution in [2.75, 3.05) is 0 Å². The van der Waals surface area contributed by atoms with Crippen molar-refractivity contribution in [3.8, 4) is 0 Å². The lowest BCUT2D eigenvalue weighted by atomic mass is 10.0. The average molecular weight is 395 g/mol. The molecule has 1 nitrogen and oxygen atoms in total. The Balaban J connectivity index is 1.48. The highest BCUT2D eigenvalue weighted by Crippen LogP contribution is 2.36. The van der Waals surface area contributed by atoms with Gasteiger partial charge >= 0.3 is 0 Å². The van der Waals surface area contributed by atoms with Gasteiger partial charge in [-0.2, -0.15) is 0 Å². The number of hydrogen-bond acceptors (Lipinski definition) is 3. The Bertz CT molecular complexity index is 1420. The summed E-state index contributed by atoms with van der Waals surface area (Å²) in [7, 11) is 0. The highest BCUT2D eigenvalue weighted by Gasteiger charge is 2.14. The van der Waals surface area contributed by atoms with Gasteiger partial charge in [-0.15, -0.1) is 22.7 Å². The molecule has 2 heterocycles. The molecule has 0 aliphatic carbocycles. The van der Waals surface area contributed by atoms with E-state index in [9.17, 15) is 4.79 Å². The average Bonchev–Trinajstić information content (AvgIpc) is 3.30. The fourth-order valence-corrected chi connectivity index (χ4v) is 6.19. The van der Waals surface area contributed by atoms with E-state index in [1.807, 2.05) is 24.3 Å². The normalized spacial score (nSPS) is 11.7. The van der Waals surface area contributed by atoms with Gasteiger partial charge in [0.1, 0.15) is 0 Å². The highest BCUT2D eigenvalue weighted by atomic mass is 32.1. The maximum Gasteiger partial charge on any atom is 0.193 e. The molecule has 6 rings (SSSR count). The zero-order valence-corrected chi connectivity index (χ0v) is 16.4. The molecule has 0 saturated carbocycles. The summed E-state index contributed by atoms with van der Waals surface area (Å²) in [5, 5.41) is 4.95. The van der Waals surface area contributed by atoms with Crippen molar-refractivity contribution in [1.82, 2.24) is 0 Å². The van der Waals surface area contributed by atoms with Crippen LogP contribution >= 0.6 is 22.7 Å². The van der Waals surface area contributed by atoms with E-state index in [0.717, 1.165) is 20.5 Å². The number of rotatable bonds is 2. The Morgan fingerprint density at radius 1 is 0.500 bits per heavy atom. The Labute approximate surface area is 169 Å². The topological polar surface area (TPSA) is 17.1 Å². The van der Waals surface area contributed by atoms with E-state index in [1.54, 1.807) is 22.7 Å². The van der Waals surface area contributed by atoms with E-state index >= 15 is 0 Å². The minimum absolute atomic E-state index is 0.0821. The number of carbonyl (C=O) groups is 1. The van der Waals surface area contributed by atoms with Gasteiger partial charge in [0, 0.05) is 51.5 Å². The van der Waals surface area contributed by atoms with Gasteiger partial charge in [0.25, 0.3) is 0 Å². The van der Waals surface area contributed by atoms with Crippen molar-refractivity contribution in [3.63, 3.8) is 0 Å². The summed E-state index contributed by atoms with van der Waals surface area (Å²) in [6.07, 6.45) is 0. The fraction of sp³-hybridized carbons (Fsp3) is 0. The molecule has 0 aliphatic heterocycles. The van der Waals surface area contributed by atoms with Crippen LogP contribution in [0.4, 0.5) is 0 Å². The second-order valence-electron chi connectivity index (χ2n) is 6.95. The molecule has 3 heteroatoms. The first-order chi connectivity index (χ1) is 13.8. The molecule has 0 spiro atoms. The summed E-state index contributed by atoms with van der Waals surface area (Å²) in [5.74, 6) is 0.0821. The second-order valence-corrected chi connectivity index (χ2v) is 9.11. The molecule has 0 atom stereocenters. The summed E-state index contributed by atoms with van der Waals surface area (Å²) < 4.78 is 4.84. The highest BCUT2D eigenvalue weighted by molar-refractivity contribution is 7.26. The Hall–Kier alpha value is -3.01. The van der Waals surface area contributed by atoms with E-state index < -0.39 is 0 Å². The van der Waals surface area contributed by atoms with Crippen LogP contribution in [0.15, 0.2) is 84.9 Å². The van der Waals surface area contributed by atoms with Crippen molar-refractivity contribution in [2.24, 2.45) is 0 Å². The first kappa shape index (κ1) is 16.0. The molecule has 2 aromatic heterocycles. The number of carbonyl (C=O) groups excluding carboxylic acids is 1. The number of fused-ring (bicyclic) bond motifs is 6. The smallest absolute Gasteiger partial charge is 0.193 e. The molecule has 0 bridgehead atoms. The van der Waals surface area contributed by atoms with Crippen molar-refractivity contribution in [1.29, 1.82) is 0 Å². The molecule has 132 valence electrons. The third-order valence-corrected chi connectivity index (χ3v) is 7.55. The van der Waals surface area contributed by atoms with Crippen LogP contribution in [0.3, 0.4) is 0 Å². The standard InChI is InChI=1S/C25H14OS2/c26-25(15-9-11-19-17-5-1-3-7-21(17)27-23(19)13-15)16-10-12-20-18-6-2-4-8-22(18)28-24(20)14-16/h1-14H. The van der Waals surface area contributed by atoms with Gasteiger partial charge in [-0.1, -0.05) is 60.7 Å². The minimum atomic E-state index is 0.0821. The molecule has 0 amide bonds. The first-order valence-electron chi connectivity index (χ1n) is 9.15. The molecule has 28 heavy (non-hydrogen) atoms. The Morgan fingerprint density at radius 3 is 1.43 bits per heavy atom. The van der Waals surface area contributed by atoms with E-state index in [-0.39, 0.29) is 5.78 Å². The van der Waals surface area contributed by atoms with Crippen LogP contribution < -0.4 is 0 Å². The number of thiophene rings is 2. The van der Waals surface area contributed by atoms with E-state index in [1.165, 1.54) is 30.9 Å². The van der Waals surface area contributed by atoms with Crippen LogP contribution in [0, 0.1) is 0 Å². The van der Waals surface area contributed by atoms with Crippen molar-refractivity contribution in [3.05, 3.63) is 96.1 Å². The van der Waals surface area contributed by atoms with Gasteiger partial charge in [-0.3, -0.25) is 4.79 Å². The molecule has 6 aromatic rings. The van der Waals surface area contributed by atoms with E-state index in [0.29, 0.717) is 0 Å². The second kappa shape index (κ2) is 5.99. The van der Waals surface area contributed by atoms with Gasteiger partial charge < -0.3 is 0 Å². The lowest BCUT2D eigenvalue weighted by molar-refractivity contribution is 0.103. The van der Waals surface area contributed by atoms with Gasteiger partial charge in [0.2, 0.25) is 0 Å². The molecule has 0 saturated heterocycles. The summed E-state index contributed by atoms with van der Waals surface area (Å²) in [6, 6.07) is 29.0. The molecule has 0 unspecified atom stereocenters. The summed E-state index contributed by atoms with van der Waals surface area (Å²) >= 11 is 3.49. The summed E-state index contributed by atoms with van der Waals surface area (Å²) in [4.78, 5) is 13.2. The van der Waals surface area contributed by atoms with Crippen molar-refractivity contribution in [2.45, 2.75) is 0 Å². The van der Waals surface area contributed by atoms with E-state index in [4.69, 9.17) is 0 Å². The SMILES string of the molecule is O=C(c1ccc2c(c1)sc1ccccc12)c1ccc2c(c1)sc1ccccc12. The number of ketones is 1. The number of benzene rings is 4. The molecule has 0 aliphatic rings. The molecular weight excluding hydrogens is 380 g/mol. The van der Waals surface area contributed by atoms with Gasteiger partial charge in [-0.25, -0.2) is 0 Å². The van der Waals surface area contributed by atoms with E-state index in [2.05, 4.69) is 60.7 Å². The van der Waals surface area contributed by atoms with Crippen LogP contribution in [-0.2, 0) is 0 Å². The van der Waals surface area contributed by atoms with Crippen molar-refractivity contribution < 1.29 is 4.79 Å². The largest absolute Gasteiger partial charge is 0.289 e. The summed E-state index contributed by atoms with van der Waals surface area (Å²) in [6.45, 7) is 0. The lowest BCUT2D eigenvalue weighted by Gasteiger charge is -2.02. The molecular formula is C25H14OS2. The number of hydrogen-bond donors (Lipinski definition) is 0. The molecule has 0 fully saturated rings. The first-order valence-corrected chi connectivity index (χ1v) is 10.8. The fourth-order valence-electron chi connectivity index (χ4n) is 3.90. The maximum absolute atomic E-state index is 13.2. The summed E-state index contributed by atoms with van der Waals surface area (Å²) in [5.41, 5.74) is 1.50. The van der Waals surface area contributed by atoms with Crippen LogP contribution in [-0.4, -0.2) is 5.78 Å². The third kappa shape index (κ3) is 2.34. The van der Waals surface area contributed by atoms with Gasteiger partial charge in [-0.05, 0) is 24.3 Å². The maximum atomic E-state index is 13.2. The van der Waals surface area contributed by atoms with Crippen LogP contribution in [0.1, 0.15) is 15.9 Å². The van der Waals surface area contributed by atoms with Gasteiger partial charge in [0.15, 0.2) is 5.78 Å². The van der Waals surface area contributed by atoms with Crippen LogP contribution in [0.5, 0.6) is 0 Å². The molecule has 0 radical (unpaired) electrons. The zero-order chi connectivity index (χ0) is 18.7. The van der Waals surface area contributed by atoms with Gasteiger partial charge in [0.05, 0.1) is 0 Å². The molecule has 4 aromatic carbocycles. The molecule has 0 N–H and O–H groups in total. The monoisotopic (exact) mass is 394 g/mol. The lowest BCUT2D eigenvalue weighted by Crippen LogP contribution is -2.00. The van der Waals surface area contributed by atoms with Crippen LogP contribution in [0.25, 0.3) is 40.3 Å². The predicted molar refractivity (Wildman–Crippen MR) is 122 cm³/mol. The third-order valence-electron chi connectivity index (χ3n) is 5.28. The zero-order valence-electron chi connectivity index (χ0n) is 14.8. The van der Waals surface area contributed by atoms with Crippen LogP contribution in [0.2, 0.25) is 0 Å². The Kier molecular flexibility index (Phi) is 3.42.